The molecule has 2 heterocycles. The number of nitrogens with one attached hydrogen (secondary N) is 1. The molecule has 20 heavy (non-hydrogen) atoms. The lowest BCUT2D eigenvalue weighted by Gasteiger charge is -2.36. The Morgan fingerprint density at radius 1 is 1.30 bits per heavy atom. The zero-order chi connectivity index (χ0) is 14.5. The summed E-state index contributed by atoms with van der Waals surface area (Å²) in [5.41, 5.74) is 6.17. The van der Waals surface area contributed by atoms with E-state index in [0.29, 0.717) is 39.0 Å². The first-order valence-corrected chi connectivity index (χ1v) is 8.39. The van der Waals surface area contributed by atoms with Crippen LogP contribution >= 0.6 is 0 Å². The Morgan fingerprint density at radius 2 is 1.95 bits per heavy atom. The Labute approximate surface area is 119 Å². The van der Waals surface area contributed by atoms with Crippen LogP contribution in [0.3, 0.4) is 0 Å². The zero-order valence-electron chi connectivity index (χ0n) is 11.4. The maximum absolute atomic E-state index is 12.2. The summed E-state index contributed by atoms with van der Waals surface area (Å²) in [4.78, 5) is 3.91. The third-order valence-corrected chi connectivity index (χ3v) is 5.11. The van der Waals surface area contributed by atoms with Crippen LogP contribution in [0.2, 0.25) is 0 Å². The molecule has 0 amide bonds. The van der Waals surface area contributed by atoms with Gasteiger partial charge in [-0.3, -0.25) is 4.98 Å². The van der Waals surface area contributed by atoms with Crippen LogP contribution in [0.1, 0.15) is 18.4 Å². The molecule has 0 atom stereocenters. The number of nitrogens with zero attached hydrogens (tertiary/aromatic N) is 1. The molecule has 2 rings (SSSR count). The summed E-state index contributed by atoms with van der Waals surface area (Å²) in [6.45, 7) is 1.39. The molecule has 7 heteroatoms. The van der Waals surface area contributed by atoms with Gasteiger partial charge in [-0.1, -0.05) is 0 Å². The van der Waals surface area contributed by atoms with Crippen LogP contribution < -0.4 is 10.5 Å². The number of sulfonamides is 1. The molecular weight excluding hydrogens is 278 g/mol. The van der Waals surface area contributed by atoms with Gasteiger partial charge in [-0.25, -0.2) is 13.1 Å². The molecular formula is C13H21N3O3S. The van der Waals surface area contributed by atoms with Crippen LogP contribution in [0.5, 0.6) is 0 Å². The van der Waals surface area contributed by atoms with E-state index in [1.54, 1.807) is 12.4 Å². The SMILES string of the molecule is NCC1(NS(=O)(=O)CCc2ccncc2)CCOCC1. The van der Waals surface area contributed by atoms with Crippen molar-refractivity contribution >= 4 is 10.0 Å². The predicted octanol–water partition coefficient (Wildman–Crippen LogP) is 0.0514. The van der Waals surface area contributed by atoms with Crippen LogP contribution in [0.4, 0.5) is 0 Å². The average molecular weight is 299 g/mol. The van der Waals surface area contributed by atoms with Crippen molar-refractivity contribution < 1.29 is 13.2 Å². The van der Waals surface area contributed by atoms with Crippen LogP contribution in [-0.4, -0.2) is 44.5 Å². The third-order valence-electron chi connectivity index (χ3n) is 3.62. The third kappa shape index (κ3) is 4.24. The number of aromatic nitrogens is 1. The van der Waals surface area contributed by atoms with Crippen LogP contribution in [0.15, 0.2) is 24.5 Å². The quantitative estimate of drug-likeness (QED) is 0.774. The van der Waals surface area contributed by atoms with E-state index in [1.807, 2.05) is 12.1 Å². The Bertz CT molecular complexity index is 513. The van der Waals surface area contributed by atoms with E-state index in [4.69, 9.17) is 10.5 Å². The number of hydrogen-bond donors (Lipinski definition) is 2. The molecule has 0 unspecified atom stereocenters. The van der Waals surface area contributed by atoms with E-state index < -0.39 is 15.6 Å². The fraction of sp³-hybridized carbons (Fsp3) is 0.615. The first-order valence-electron chi connectivity index (χ1n) is 6.74. The molecule has 3 N–H and O–H groups in total. The molecule has 112 valence electrons. The molecule has 0 saturated carbocycles. The molecule has 1 aromatic rings. The lowest BCUT2D eigenvalue weighted by Crippen LogP contribution is -2.57. The summed E-state index contributed by atoms with van der Waals surface area (Å²) in [5, 5.41) is 0. The van der Waals surface area contributed by atoms with Crippen molar-refractivity contribution in [2.75, 3.05) is 25.5 Å². The minimum atomic E-state index is -3.36. The van der Waals surface area contributed by atoms with Crippen molar-refractivity contribution in [3.63, 3.8) is 0 Å². The molecule has 1 aromatic heterocycles. The van der Waals surface area contributed by atoms with Gasteiger partial charge in [-0.2, -0.15) is 0 Å². The van der Waals surface area contributed by atoms with Crippen molar-refractivity contribution in [1.82, 2.24) is 9.71 Å². The number of nitrogens with two attached hydrogens (primary N) is 1. The molecule has 0 aromatic carbocycles. The van der Waals surface area contributed by atoms with Crippen molar-refractivity contribution in [3.8, 4) is 0 Å². The van der Waals surface area contributed by atoms with Gasteiger partial charge in [0.2, 0.25) is 10.0 Å². The average Bonchev–Trinajstić information content (AvgIpc) is 2.47. The number of aryl methyl sites for hydroxylation is 1. The maximum Gasteiger partial charge on any atom is 0.212 e. The minimum absolute atomic E-state index is 0.0552. The molecule has 0 spiro atoms. The normalized spacial score (nSPS) is 18.9. The van der Waals surface area contributed by atoms with Gasteiger partial charge in [0, 0.05) is 37.7 Å². The van der Waals surface area contributed by atoms with Crippen molar-refractivity contribution in [1.29, 1.82) is 0 Å². The van der Waals surface area contributed by atoms with Gasteiger partial charge in [0.1, 0.15) is 0 Å². The number of pyridine rings is 1. The first kappa shape index (κ1) is 15.4. The van der Waals surface area contributed by atoms with Crippen molar-refractivity contribution in [3.05, 3.63) is 30.1 Å². The van der Waals surface area contributed by atoms with E-state index in [-0.39, 0.29) is 5.75 Å². The molecule has 6 nitrogen and oxygen atoms in total. The monoisotopic (exact) mass is 299 g/mol. The predicted molar refractivity (Wildman–Crippen MR) is 76.7 cm³/mol. The lowest BCUT2D eigenvalue weighted by molar-refractivity contribution is 0.0502. The fourth-order valence-electron chi connectivity index (χ4n) is 2.29. The molecule has 0 radical (unpaired) electrons. The minimum Gasteiger partial charge on any atom is -0.381 e. The van der Waals surface area contributed by atoms with Gasteiger partial charge < -0.3 is 10.5 Å². The highest BCUT2D eigenvalue weighted by Crippen LogP contribution is 2.20. The summed E-state index contributed by atoms with van der Waals surface area (Å²) in [5.74, 6) is 0.0552. The second kappa shape index (κ2) is 6.62. The standard InChI is InChI=1S/C13H21N3O3S/c14-11-13(4-8-19-9-5-13)16-20(17,18)10-3-12-1-6-15-7-2-12/h1-2,6-7,16H,3-5,8-11,14H2. The van der Waals surface area contributed by atoms with Crippen molar-refractivity contribution in [2.45, 2.75) is 24.8 Å². The summed E-state index contributed by atoms with van der Waals surface area (Å²) < 4.78 is 32.5. The Hall–Kier alpha value is -1.02. The van der Waals surface area contributed by atoms with Crippen molar-refractivity contribution in [2.24, 2.45) is 5.73 Å². The summed E-state index contributed by atoms with van der Waals surface area (Å²) >= 11 is 0. The molecule has 0 bridgehead atoms. The number of hydrogen-bond acceptors (Lipinski definition) is 5. The first-order chi connectivity index (χ1) is 9.55. The Balaban J connectivity index is 1.96. The molecule has 1 saturated heterocycles. The van der Waals surface area contributed by atoms with E-state index in [0.717, 1.165) is 5.56 Å². The topological polar surface area (TPSA) is 94.3 Å². The van der Waals surface area contributed by atoms with Crippen LogP contribution in [0, 0.1) is 0 Å². The Morgan fingerprint density at radius 3 is 2.55 bits per heavy atom. The van der Waals surface area contributed by atoms with Gasteiger partial charge in [0.15, 0.2) is 0 Å². The fourth-order valence-corrected chi connectivity index (χ4v) is 3.85. The molecule has 1 aliphatic rings. The second-order valence-corrected chi connectivity index (χ2v) is 6.97. The lowest BCUT2D eigenvalue weighted by atomic mass is 9.92. The maximum atomic E-state index is 12.2. The molecule has 1 aliphatic heterocycles. The van der Waals surface area contributed by atoms with Gasteiger partial charge >= 0.3 is 0 Å². The van der Waals surface area contributed by atoms with E-state index in [9.17, 15) is 8.42 Å². The van der Waals surface area contributed by atoms with Gasteiger partial charge in [0.25, 0.3) is 0 Å². The zero-order valence-corrected chi connectivity index (χ0v) is 12.2. The van der Waals surface area contributed by atoms with Gasteiger partial charge in [-0.15, -0.1) is 0 Å². The largest absolute Gasteiger partial charge is 0.381 e. The van der Waals surface area contributed by atoms with Gasteiger partial charge in [0.05, 0.1) is 5.75 Å². The highest BCUT2D eigenvalue weighted by atomic mass is 32.2. The molecule has 1 fully saturated rings. The number of rotatable bonds is 6. The molecule has 0 aliphatic carbocycles. The van der Waals surface area contributed by atoms with E-state index in [1.165, 1.54) is 0 Å². The van der Waals surface area contributed by atoms with Gasteiger partial charge in [-0.05, 0) is 37.0 Å². The van der Waals surface area contributed by atoms with Crippen LogP contribution in [-0.2, 0) is 21.2 Å². The van der Waals surface area contributed by atoms with E-state index in [2.05, 4.69) is 9.71 Å². The highest BCUT2D eigenvalue weighted by Gasteiger charge is 2.34. The second-order valence-electron chi connectivity index (χ2n) is 5.12. The van der Waals surface area contributed by atoms with E-state index >= 15 is 0 Å². The van der Waals surface area contributed by atoms with Crippen LogP contribution in [0.25, 0.3) is 0 Å². The highest BCUT2D eigenvalue weighted by molar-refractivity contribution is 7.89. The number of ether oxygens (including phenoxy) is 1. The summed E-state index contributed by atoms with van der Waals surface area (Å²) in [6.07, 6.45) is 5.04. The summed E-state index contributed by atoms with van der Waals surface area (Å²) in [7, 11) is -3.36. The summed E-state index contributed by atoms with van der Waals surface area (Å²) in [6, 6.07) is 3.64. The Kier molecular flexibility index (Phi) is 5.09. The smallest absolute Gasteiger partial charge is 0.212 e.